The summed E-state index contributed by atoms with van der Waals surface area (Å²) < 4.78 is 38.3. The van der Waals surface area contributed by atoms with Gasteiger partial charge in [-0.1, -0.05) is 31.6 Å². The monoisotopic (exact) mass is 429 g/mol. The molecule has 1 aliphatic rings. The minimum atomic E-state index is -3.86. The number of carbonyl (C=O) groups excluding carboxylic acids is 1. The van der Waals surface area contributed by atoms with E-state index in [1.807, 2.05) is 0 Å². The van der Waals surface area contributed by atoms with Crippen LogP contribution < -0.4 is 9.04 Å². The predicted octanol–water partition coefficient (Wildman–Crippen LogP) is 3.29. The van der Waals surface area contributed by atoms with Gasteiger partial charge in [0, 0.05) is 5.56 Å². The Morgan fingerprint density at radius 3 is 2.62 bits per heavy atom. The molecule has 152 valence electrons. The number of anilines is 1. The summed E-state index contributed by atoms with van der Waals surface area (Å²) in [6.45, 7) is 6.75. The highest BCUT2D eigenvalue weighted by Gasteiger charge is 2.31. The zero-order valence-electron chi connectivity index (χ0n) is 16.9. The third-order valence-electron chi connectivity index (χ3n) is 4.20. The fraction of sp³-hybridized carbons (Fsp3) is 0.286. The molecule has 0 aromatic heterocycles. The number of fused-ring (bicyclic) bond motifs is 1. The molecule has 0 fully saturated rings. The molecule has 0 unspecified atom stereocenters. The van der Waals surface area contributed by atoms with Crippen molar-refractivity contribution in [2.24, 2.45) is 0 Å². The number of nitrogens with zero attached hydrogens (tertiary/aromatic N) is 1. The summed E-state index contributed by atoms with van der Waals surface area (Å²) in [6.07, 6.45) is 0. The van der Waals surface area contributed by atoms with Gasteiger partial charge in [-0.3, -0.25) is 4.31 Å². The Balaban J connectivity index is 2.04. The minimum absolute atomic E-state index is 0.144. The van der Waals surface area contributed by atoms with E-state index in [2.05, 4.69) is 31.1 Å². The average Bonchev–Trinajstić information content (AvgIpc) is 2.70. The molecule has 0 saturated heterocycles. The molecule has 0 atom stereocenters. The number of hydrogen-bond donors (Lipinski definition) is 0. The van der Waals surface area contributed by atoms with Crippen LogP contribution in [0.25, 0.3) is 0 Å². The molecule has 8 heteroatoms. The highest BCUT2D eigenvalue weighted by Crippen LogP contribution is 2.36. The summed E-state index contributed by atoms with van der Waals surface area (Å²) in [5, 5.41) is 0. The van der Waals surface area contributed by atoms with E-state index in [9.17, 15) is 13.2 Å². The van der Waals surface area contributed by atoms with Crippen molar-refractivity contribution >= 4 is 29.8 Å². The van der Waals surface area contributed by atoms with E-state index >= 15 is 0 Å². The number of ether oxygens (including phenoxy) is 2. The first kappa shape index (κ1) is 21.0. The molecule has 0 radical (unpaired) electrons. The maximum absolute atomic E-state index is 13.4. The lowest BCUT2D eigenvalue weighted by molar-refractivity contribution is 0.0600. The van der Waals surface area contributed by atoms with Crippen LogP contribution in [0.15, 0.2) is 47.4 Å². The molecule has 2 aromatic rings. The minimum Gasteiger partial charge on any atom is -0.489 e. The molecule has 29 heavy (non-hydrogen) atoms. The SMILES string of the molecule is COC(=O)c1ccc2c(c1)N(S(=O)(=O)c1cccc(C#C[Si](C)(C)C)c1)CCO2. The van der Waals surface area contributed by atoms with E-state index in [1.54, 1.807) is 36.4 Å². The number of hydrogen-bond acceptors (Lipinski definition) is 5. The van der Waals surface area contributed by atoms with Crippen molar-refractivity contribution in [3.8, 4) is 17.2 Å². The van der Waals surface area contributed by atoms with Gasteiger partial charge >= 0.3 is 5.97 Å². The van der Waals surface area contributed by atoms with E-state index < -0.39 is 24.1 Å². The number of sulfonamides is 1. The first-order valence-corrected chi connectivity index (χ1v) is 14.1. The first-order chi connectivity index (χ1) is 13.6. The van der Waals surface area contributed by atoms with Crippen molar-refractivity contribution in [1.29, 1.82) is 0 Å². The summed E-state index contributed by atoms with van der Waals surface area (Å²) in [5.74, 6) is 2.96. The van der Waals surface area contributed by atoms with Gasteiger partial charge in [-0.05, 0) is 36.4 Å². The Hall–Kier alpha value is -2.76. The normalized spacial score (nSPS) is 13.6. The number of carbonyl (C=O) groups is 1. The fourth-order valence-corrected chi connectivity index (χ4v) is 4.83. The lowest BCUT2D eigenvalue weighted by Gasteiger charge is -2.30. The maximum atomic E-state index is 13.4. The molecule has 1 aliphatic heterocycles. The van der Waals surface area contributed by atoms with Gasteiger partial charge in [0.05, 0.1) is 29.8 Å². The molecule has 1 heterocycles. The molecule has 3 rings (SSSR count). The Labute approximate surface area is 172 Å². The quantitative estimate of drug-likeness (QED) is 0.425. The van der Waals surface area contributed by atoms with E-state index in [0.717, 1.165) is 0 Å². The summed E-state index contributed by atoms with van der Waals surface area (Å²) >= 11 is 0. The molecule has 6 nitrogen and oxygen atoms in total. The van der Waals surface area contributed by atoms with Gasteiger partial charge in [0.1, 0.15) is 20.4 Å². The number of benzene rings is 2. The van der Waals surface area contributed by atoms with E-state index in [1.165, 1.54) is 17.5 Å². The summed E-state index contributed by atoms with van der Waals surface area (Å²) in [6, 6.07) is 11.2. The lowest BCUT2D eigenvalue weighted by Crippen LogP contribution is -2.38. The van der Waals surface area contributed by atoms with Crippen LogP contribution in [0, 0.1) is 11.5 Å². The topological polar surface area (TPSA) is 72.9 Å². The Morgan fingerprint density at radius 2 is 1.93 bits per heavy atom. The number of rotatable bonds is 3. The molecular formula is C21H23NO5SSi. The van der Waals surface area contributed by atoms with Gasteiger partial charge in [-0.25, -0.2) is 13.2 Å². The van der Waals surface area contributed by atoms with E-state index in [0.29, 0.717) is 17.0 Å². The van der Waals surface area contributed by atoms with Crippen molar-refractivity contribution in [2.45, 2.75) is 24.5 Å². The zero-order valence-corrected chi connectivity index (χ0v) is 18.7. The summed E-state index contributed by atoms with van der Waals surface area (Å²) in [7, 11) is -4.16. The standard InChI is InChI=1S/C21H23NO5SSi/c1-26-21(23)17-8-9-20-19(15-17)22(11-12-27-20)28(24,25)18-7-5-6-16(14-18)10-13-29(2,3)4/h5-9,14-15H,11-12H2,1-4H3. The van der Waals surface area contributed by atoms with Crippen LogP contribution in [-0.4, -0.2) is 42.7 Å². The number of methoxy groups -OCH3 is 1. The second-order valence-corrected chi connectivity index (χ2v) is 14.2. The van der Waals surface area contributed by atoms with E-state index in [4.69, 9.17) is 9.47 Å². The Bertz CT molecular complexity index is 1110. The van der Waals surface area contributed by atoms with Crippen LogP contribution >= 0.6 is 0 Å². The van der Waals surface area contributed by atoms with Gasteiger partial charge < -0.3 is 9.47 Å². The second kappa shape index (κ2) is 7.93. The van der Waals surface area contributed by atoms with Crippen LogP contribution in [0.5, 0.6) is 5.75 Å². The highest BCUT2D eigenvalue weighted by atomic mass is 32.2. The van der Waals surface area contributed by atoms with Crippen LogP contribution in [0.2, 0.25) is 19.6 Å². The van der Waals surface area contributed by atoms with Crippen LogP contribution in [0.1, 0.15) is 15.9 Å². The van der Waals surface area contributed by atoms with Gasteiger partial charge in [0.2, 0.25) is 0 Å². The molecule has 0 amide bonds. The summed E-state index contributed by atoms with van der Waals surface area (Å²) in [4.78, 5) is 12.0. The van der Waals surface area contributed by atoms with Crippen LogP contribution in [0.3, 0.4) is 0 Å². The smallest absolute Gasteiger partial charge is 0.337 e. The fourth-order valence-electron chi connectivity index (χ4n) is 2.81. The van der Waals surface area contributed by atoms with Crippen molar-refractivity contribution in [1.82, 2.24) is 0 Å². The van der Waals surface area contributed by atoms with E-state index in [-0.39, 0.29) is 23.6 Å². The predicted molar refractivity (Wildman–Crippen MR) is 114 cm³/mol. The molecule has 0 aliphatic carbocycles. The first-order valence-electron chi connectivity index (χ1n) is 9.13. The highest BCUT2D eigenvalue weighted by molar-refractivity contribution is 7.92. The van der Waals surface area contributed by atoms with Gasteiger partial charge in [-0.15, -0.1) is 5.54 Å². The molecule has 0 N–H and O–H groups in total. The van der Waals surface area contributed by atoms with Crippen LogP contribution in [0.4, 0.5) is 5.69 Å². The molecular weight excluding hydrogens is 406 g/mol. The van der Waals surface area contributed by atoms with Crippen molar-refractivity contribution in [3.05, 3.63) is 53.6 Å². The maximum Gasteiger partial charge on any atom is 0.337 e. The van der Waals surface area contributed by atoms with Crippen molar-refractivity contribution < 1.29 is 22.7 Å². The van der Waals surface area contributed by atoms with Gasteiger partial charge in [0.25, 0.3) is 10.0 Å². The van der Waals surface area contributed by atoms with Gasteiger partial charge in [-0.2, -0.15) is 0 Å². The molecule has 0 bridgehead atoms. The summed E-state index contributed by atoms with van der Waals surface area (Å²) in [5.41, 5.74) is 4.48. The molecule has 2 aromatic carbocycles. The Morgan fingerprint density at radius 1 is 1.17 bits per heavy atom. The van der Waals surface area contributed by atoms with Gasteiger partial charge in [0.15, 0.2) is 0 Å². The molecule has 0 spiro atoms. The average molecular weight is 430 g/mol. The largest absolute Gasteiger partial charge is 0.489 e. The second-order valence-electron chi connectivity index (χ2n) is 7.63. The Kier molecular flexibility index (Phi) is 5.73. The third kappa shape index (κ3) is 4.63. The van der Waals surface area contributed by atoms with Crippen molar-refractivity contribution in [2.75, 3.05) is 24.6 Å². The third-order valence-corrected chi connectivity index (χ3v) is 6.89. The lowest BCUT2D eigenvalue weighted by atomic mass is 10.1. The number of esters is 1. The van der Waals surface area contributed by atoms with Crippen LogP contribution in [-0.2, 0) is 14.8 Å². The van der Waals surface area contributed by atoms with Crippen molar-refractivity contribution in [3.63, 3.8) is 0 Å². The molecule has 0 saturated carbocycles. The zero-order chi connectivity index (χ0) is 21.2.